The molecule has 1 rings (SSSR count). The maximum Gasteiger partial charge on any atom is 0.0508 e. The van der Waals surface area contributed by atoms with E-state index >= 15 is 0 Å². The summed E-state index contributed by atoms with van der Waals surface area (Å²) in [6.07, 6.45) is 2.52. The Morgan fingerprint density at radius 1 is 1.06 bits per heavy atom. The lowest BCUT2D eigenvalue weighted by atomic mass is 9.85. The third-order valence-electron chi connectivity index (χ3n) is 4.48. The van der Waals surface area contributed by atoms with Crippen molar-refractivity contribution in [1.29, 1.82) is 0 Å². The Kier molecular flexibility index (Phi) is 5.03. The van der Waals surface area contributed by atoms with Crippen molar-refractivity contribution < 1.29 is 4.74 Å². The van der Waals surface area contributed by atoms with Gasteiger partial charge in [-0.05, 0) is 40.0 Å². The second-order valence-electron chi connectivity index (χ2n) is 6.49. The van der Waals surface area contributed by atoms with Crippen LogP contribution in [-0.4, -0.2) is 36.2 Å². The zero-order valence-electron chi connectivity index (χ0n) is 12.8. The average Bonchev–Trinajstić information content (AvgIpc) is 2.51. The first kappa shape index (κ1) is 15.0. The number of ether oxygens (including phenoxy) is 1. The van der Waals surface area contributed by atoms with Crippen LogP contribution in [0.5, 0.6) is 0 Å². The zero-order valence-corrected chi connectivity index (χ0v) is 12.8. The molecule has 0 aliphatic carbocycles. The molecule has 102 valence electrons. The molecule has 1 heterocycles. The topological polar surface area (TPSA) is 12.5 Å². The molecule has 0 aromatic carbocycles. The number of rotatable bonds is 4. The minimum absolute atomic E-state index is 0.260. The molecule has 1 saturated heterocycles. The Balaban J connectivity index is 2.98. The van der Waals surface area contributed by atoms with Crippen LogP contribution < -0.4 is 0 Å². The van der Waals surface area contributed by atoms with E-state index in [1.165, 1.54) is 12.8 Å². The highest BCUT2D eigenvalue weighted by Gasteiger charge is 2.48. The first-order valence-corrected chi connectivity index (χ1v) is 7.15. The summed E-state index contributed by atoms with van der Waals surface area (Å²) in [5.74, 6) is 1.48. The number of nitrogens with zero attached hydrogens (tertiary/aromatic N) is 1. The Morgan fingerprint density at radius 3 is 2.00 bits per heavy atom. The molecule has 0 N–H and O–H groups in total. The molecule has 4 atom stereocenters. The van der Waals surface area contributed by atoms with Gasteiger partial charge >= 0.3 is 0 Å². The van der Waals surface area contributed by atoms with Gasteiger partial charge in [0.05, 0.1) is 6.61 Å². The molecule has 17 heavy (non-hydrogen) atoms. The van der Waals surface area contributed by atoms with Crippen LogP contribution in [-0.2, 0) is 4.74 Å². The first-order chi connectivity index (χ1) is 7.88. The smallest absolute Gasteiger partial charge is 0.0508 e. The van der Waals surface area contributed by atoms with Gasteiger partial charge in [-0.25, -0.2) is 0 Å². The molecular weight excluding hydrogens is 210 g/mol. The molecule has 1 aliphatic rings. The summed E-state index contributed by atoms with van der Waals surface area (Å²) in [6, 6.07) is 1.35. The van der Waals surface area contributed by atoms with E-state index in [1.54, 1.807) is 0 Å². The summed E-state index contributed by atoms with van der Waals surface area (Å²) >= 11 is 0. The molecule has 2 heteroatoms. The Labute approximate surface area is 108 Å². The van der Waals surface area contributed by atoms with Crippen LogP contribution in [0.25, 0.3) is 0 Å². The Morgan fingerprint density at radius 2 is 1.65 bits per heavy atom. The minimum Gasteiger partial charge on any atom is -0.384 e. The lowest BCUT2D eigenvalue weighted by molar-refractivity contribution is 0.0608. The molecule has 2 nitrogen and oxygen atoms in total. The van der Waals surface area contributed by atoms with E-state index in [9.17, 15) is 0 Å². The van der Waals surface area contributed by atoms with Crippen molar-refractivity contribution in [1.82, 2.24) is 4.90 Å². The normalized spacial score (nSPS) is 35.5. The Bertz CT molecular complexity index is 234. The van der Waals surface area contributed by atoms with Gasteiger partial charge in [0.1, 0.15) is 0 Å². The van der Waals surface area contributed by atoms with Crippen molar-refractivity contribution in [3.8, 4) is 0 Å². The van der Waals surface area contributed by atoms with Gasteiger partial charge in [-0.1, -0.05) is 20.3 Å². The fourth-order valence-corrected chi connectivity index (χ4v) is 4.00. The summed E-state index contributed by atoms with van der Waals surface area (Å²) in [4.78, 5) is 2.73. The van der Waals surface area contributed by atoms with Crippen molar-refractivity contribution >= 4 is 0 Å². The SMILES string of the molecule is CCC1C(COC)C(C)N(C(C)(C)C)C1CC. The molecule has 0 spiro atoms. The van der Waals surface area contributed by atoms with E-state index in [2.05, 4.69) is 46.4 Å². The highest BCUT2D eigenvalue weighted by molar-refractivity contribution is 5.01. The summed E-state index contributed by atoms with van der Waals surface area (Å²) in [7, 11) is 1.83. The van der Waals surface area contributed by atoms with Crippen LogP contribution in [0.2, 0.25) is 0 Å². The van der Waals surface area contributed by atoms with Gasteiger partial charge < -0.3 is 4.74 Å². The summed E-state index contributed by atoms with van der Waals surface area (Å²) in [5, 5.41) is 0. The highest BCUT2D eigenvalue weighted by Crippen LogP contribution is 2.42. The predicted molar refractivity (Wildman–Crippen MR) is 74.3 cm³/mol. The number of hydrogen-bond donors (Lipinski definition) is 0. The van der Waals surface area contributed by atoms with Crippen LogP contribution in [0.4, 0.5) is 0 Å². The maximum atomic E-state index is 5.46. The molecule has 0 radical (unpaired) electrons. The fourth-order valence-electron chi connectivity index (χ4n) is 4.00. The quantitative estimate of drug-likeness (QED) is 0.746. The molecule has 4 unspecified atom stereocenters. The maximum absolute atomic E-state index is 5.46. The molecule has 0 aromatic heterocycles. The van der Waals surface area contributed by atoms with Crippen LogP contribution >= 0.6 is 0 Å². The van der Waals surface area contributed by atoms with E-state index < -0.39 is 0 Å². The van der Waals surface area contributed by atoms with Crippen molar-refractivity contribution in [3.05, 3.63) is 0 Å². The van der Waals surface area contributed by atoms with Crippen LogP contribution in [0.1, 0.15) is 54.4 Å². The largest absolute Gasteiger partial charge is 0.384 e. The second kappa shape index (κ2) is 5.71. The average molecular weight is 241 g/mol. The fraction of sp³-hybridized carbons (Fsp3) is 1.00. The van der Waals surface area contributed by atoms with Gasteiger partial charge in [-0.15, -0.1) is 0 Å². The molecule has 0 aromatic rings. The van der Waals surface area contributed by atoms with Gasteiger partial charge in [0, 0.05) is 30.7 Å². The van der Waals surface area contributed by atoms with Crippen molar-refractivity contribution in [2.24, 2.45) is 11.8 Å². The lowest BCUT2D eigenvalue weighted by Gasteiger charge is -2.41. The highest BCUT2D eigenvalue weighted by atomic mass is 16.5. The second-order valence-corrected chi connectivity index (χ2v) is 6.49. The number of likely N-dealkylation sites (tertiary alicyclic amines) is 1. The van der Waals surface area contributed by atoms with E-state index in [0.29, 0.717) is 12.0 Å². The monoisotopic (exact) mass is 241 g/mol. The van der Waals surface area contributed by atoms with Gasteiger partial charge in [0.15, 0.2) is 0 Å². The third-order valence-corrected chi connectivity index (χ3v) is 4.48. The van der Waals surface area contributed by atoms with Crippen molar-refractivity contribution in [2.75, 3.05) is 13.7 Å². The van der Waals surface area contributed by atoms with Crippen molar-refractivity contribution in [3.63, 3.8) is 0 Å². The van der Waals surface area contributed by atoms with Gasteiger partial charge in [-0.3, -0.25) is 4.90 Å². The number of hydrogen-bond acceptors (Lipinski definition) is 2. The molecule has 1 fully saturated rings. The number of methoxy groups -OCH3 is 1. The Hall–Kier alpha value is -0.0800. The van der Waals surface area contributed by atoms with Crippen LogP contribution in [0.3, 0.4) is 0 Å². The molecular formula is C15H31NO. The summed E-state index contributed by atoms with van der Waals surface area (Å²) in [6.45, 7) is 15.0. The lowest BCUT2D eigenvalue weighted by Crippen LogP contribution is -2.49. The van der Waals surface area contributed by atoms with E-state index in [0.717, 1.165) is 18.6 Å². The van der Waals surface area contributed by atoms with E-state index in [1.807, 2.05) is 7.11 Å². The standard InChI is InChI=1S/C15H31NO/c1-8-12-13(10-17-7)11(3)16(14(12)9-2)15(4,5)6/h11-14H,8-10H2,1-7H3. The first-order valence-electron chi connectivity index (χ1n) is 7.15. The third kappa shape index (κ3) is 2.85. The molecule has 0 saturated carbocycles. The van der Waals surface area contributed by atoms with E-state index in [-0.39, 0.29) is 5.54 Å². The minimum atomic E-state index is 0.260. The predicted octanol–water partition coefficient (Wildman–Crippen LogP) is 3.56. The van der Waals surface area contributed by atoms with E-state index in [4.69, 9.17) is 4.74 Å². The molecule has 0 bridgehead atoms. The molecule has 0 amide bonds. The van der Waals surface area contributed by atoms with Crippen LogP contribution in [0.15, 0.2) is 0 Å². The summed E-state index contributed by atoms with van der Waals surface area (Å²) < 4.78 is 5.46. The van der Waals surface area contributed by atoms with Gasteiger partial charge in [0.2, 0.25) is 0 Å². The van der Waals surface area contributed by atoms with Crippen LogP contribution in [0, 0.1) is 11.8 Å². The zero-order chi connectivity index (χ0) is 13.2. The van der Waals surface area contributed by atoms with Crippen molar-refractivity contribution in [2.45, 2.75) is 72.0 Å². The van der Waals surface area contributed by atoms with Gasteiger partial charge in [0.25, 0.3) is 0 Å². The molecule has 1 aliphatic heterocycles. The summed E-state index contributed by atoms with van der Waals surface area (Å²) in [5.41, 5.74) is 0.260. The van der Waals surface area contributed by atoms with Gasteiger partial charge in [-0.2, -0.15) is 0 Å².